The maximum Gasteiger partial charge on any atom is 0.259 e. The van der Waals surface area contributed by atoms with Crippen LogP contribution >= 0.6 is 7.26 Å². The summed E-state index contributed by atoms with van der Waals surface area (Å²) in [7, 11) is -20.2. The Kier molecular flexibility index (Phi) is 3.34. The molecule has 112 valence electrons. The molecule has 2 N–H and O–H groups in total. The highest BCUT2D eigenvalue weighted by Gasteiger charge is 2.60. The fourth-order valence-corrected chi connectivity index (χ4v) is 25.3. The van der Waals surface area contributed by atoms with Crippen LogP contribution in [0.25, 0.3) is 0 Å². The van der Waals surface area contributed by atoms with Gasteiger partial charge in [-0.3, -0.25) is 0 Å². The first-order valence-electron chi connectivity index (χ1n) is 4.57. The Labute approximate surface area is 111 Å². The summed E-state index contributed by atoms with van der Waals surface area (Å²) in [5, 5.41) is 0. The van der Waals surface area contributed by atoms with Crippen LogP contribution in [0.3, 0.4) is 0 Å². The number of hydrogen-bond acceptors (Lipinski definition) is 8. The molecule has 0 radical (unpaired) electrons. The molecule has 0 saturated carbocycles. The molecule has 0 amide bonds. The highest BCUT2D eigenvalue weighted by atomic mass is 32.3. The van der Waals surface area contributed by atoms with Gasteiger partial charge in [0.25, 0.3) is 40.1 Å². The molecule has 15 heteroatoms. The molecule has 2 saturated heterocycles. The van der Waals surface area contributed by atoms with E-state index in [0.29, 0.717) is 0 Å². The van der Waals surface area contributed by atoms with Gasteiger partial charge in [-0.15, -0.1) is 8.25 Å². The Balaban J connectivity index is 2.59. The summed E-state index contributed by atoms with van der Waals surface area (Å²) >= 11 is 0. The lowest BCUT2D eigenvalue weighted by atomic mass is 11.8. The molecule has 0 aliphatic carbocycles. The normalized spacial score (nSPS) is 33.7. The van der Waals surface area contributed by atoms with Crippen molar-refractivity contribution < 1.29 is 33.7 Å². The van der Waals surface area contributed by atoms with E-state index < -0.39 is 69.3 Å². The molecule has 0 aromatic carbocycles. The zero-order chi connectivity index (χ0) is 14.7. The Hall–Kier alpha value is 0.150. The van der Waals surface area contributed by atoms with Gasteiger partial charge in [0.2, 0.25) is 0 Å². The van der Waals surface area contributed by atoms with Gasteiger partial charge in [0.15, 0.2) is 22.0 Å². The standard InChI is InChI=1S/C4H10N2O8PS4/c7-16(8)1-15(2-17(9,10)5-16)3-18(11,12)6-19(13,14)4-15/h5-6H,1-4H2/q+1. The van der Waals surface area contributed by atoms with Crippen LogP contribution < -0.4 is 8.25 Å². The summed E-state index contributed by atoms with van der Waals surface area (Å²) in [4.78, 5) is 0. The summed E-state index contributed by atoms with van der Waals surface area (Å²) in [6, 6.07) is 0. The van der Waals surface area contributed by atoms with E-state index in [2.05, 4.69) is 0 Å². The van der Waals surface area contributed by atoms with E-state index in [9.17, 15) is 33.7 Å². The Morgan fingerprint density at radius 2 is 0.737 bits per heavy atom. The van der Waals surface area contributed by atoms with Crippen molar-refractivity contribution in [3.63, 3.8) is 0 Å². The number of rotatable bonds is 0. The van der Waals surface area contributed by atoms with Gasteiger partial charge in [-0.1, -0.05) is 0 Å². The molecule has 0 unspecified atom stereocenters. The van der Waals surface area contributed by atoms with Crippen molar-refractivity contribution in [2.45, 2.75) is 0 Å². The number of hydrogen-bond donors (Lipinski definition) is 2. The fraction of sp³-hybridized carbons (Fsp3) is 1.00. The van der Waals surface area contributed by atoms with Gasteiger partial charge >= 0.3 is 0 Å². The van der Waals surface area contributed by atoms with Gasteiger partial charge in [0.05, 0.1) is 7.26 Å². The van der Waals surface area contributed by atoms with Gasteiger partial charge in [-0.25, -0.2) is 33.7 Å². The molecule has 10 nitrogen and oxygen atoms in total. The second kappa shape index (κ2) is 4.08. The SMILES string of the molecule is O=S1(=O)C[P+]2(CS(=O)(=O)N1)CS(=O)(=O)NS(=O)(=O)C2. The zero-order valence-corrected chi connectivity index (χ0v) is 13.3. The van der Waals surface area contributed by atoms with Crippen molar-refractivity contribution in [1.82, 2.24) is 8.25 Å². The molecule has 0 bridgehead atoms. The highest BCUT2D eigenvalue weighted by Crippen LogP contribution is 2.64. The van der Waals surface area contributed by atoms with Crippen molar-refractivity contribution in [3.05, 3.63) is 0 Å². The third-order valence-corrected chi connectivity index (χ3v) is 20.5. The van der Waals surface area contributed by atoms with Crippen LogP contribution in [0.4, 0.5) is 0 Å². The molecule has 1 spiro atoms. The molecule has 2 fully saturated rings. The summed E-state index contributed by atoms with van der Waals surface area (Å²) < 4.78 is 94.8. The van der Waals surface area contributed by atoms with E-state index in [1.807, 2.05) is 0 Å². The molecule has 19 heavy (non-hydrogen) atoms. The summed E-state index contributed by atoms with van der Waals surface area (Å²) in [5.41, 5.74) is -3.06. The molecular weight excluding hydrogens is 363 g/mol. The molecule has 2 aliphatic heterocycles. The zero-order valence-electron chi connectivity index (χ0n) is 9.17. The van der Waals surface area contributed by atoms with Crippen molar-refractivity contribution >= 4 is 47.4 Å². The molecule has 2 rings (SSSR count). The Morgan fingerprint density at radius 1 is 0.526 bits per heavy atom. The monoisotopic (exact) mass is 373 g/mol. The van der Waals surface area contributed by atoms with E-state index in [1.165, 1.54) is 8.25 Å². The lowest BCUT2D eigenvalue weighted by Gasteiger charge is -2.32. The minimum Gasteiger partial charge on any atom is -0.208 e. The van der Waals surface area contributed by atoms with Gasteiger partial charge in [0, 0.05) is 0 Å². The van der Waals surface area contributed by atoms with Crippen molar-refractivity contribution in [2.75, 3.05) is 22.0 Å². The van der Waals surface area contributed by atoms with Crippen LogP contribution in [0.2, 0.25) is 0 Å². The second-order valence-electron chi connectivity index (χ2n) is 4.48. The lowest BCUT2D eigenvalue weighted by Crippen LogP contribution is -2.49. The van der Waals surface area contributed by atoms with E-state index in [1.54, 1.807) is 0 Å². The summed E-state index contributed by atoms with van der Waals surface area (Å²) in [6.07, 6.45) is 0. The molecule has 2 heterocycles. The predicted molar refractivity (Wildman–Crippen MR) is 68.3 cm³/mol. The van der Waals surface area contributed by atoms with E-state index in [0.717, 1.165) is 0 Å². The molecule has 0 atom stereocenters. The highest BCUT2D eigenvalue weighted by molar-refractivity contribution is 8.25. The molecule has 0 aromatic rings. The Morgan fingerprint density at radius 3 is 0.947 bits per heavy atom. The minimum absolute atomic E-state index is 0.765. The van der Waals surface area contributed by atoms with E-state index in [-0.39, 0.29) is 0 Å². The lowest BCUT2D eigenvalue weighted by molar-refractivity contribution is 0.580. The second-order valence-corrected chi connectivity index (χ2v) is 17.5. The topological polar surface area (TPSA) is 161 Å². The molecule has 0 aromatic heterocycles. The van der Waals surface area contributed by atoms with Crippen LogP contribution in [-0.2, 0) is 40.1 Å². The van der Waals surface area contributed by atoms with Crippen LogP contribution in [-0.4, -0.2) is 55.6 Å². The largest absolute Gasteiger partial charge is 0.259 e. The quantitative estimate of drug-likeness (QED) is 0.436. The van der Waals surface area contributed by atoms with E-state index >= 15 is 0 Å². The van der Waals surface area contributed by atoms with Gasteiger partial charge < -0.3 is 0 Å². The first-order valence-corrected chi connectivity index (χ1v) is 13.7. The van der Waals surface area contributed by atoms with Crippen LogP contribution in [0.15, 0.2) is 0 Å². The van der Waals surface area contributed by atoms with Gasteiger partial charge in [0.1, 0.15) is 0 Å². The maximum atomic E-state index is 11.5. The molecule has 2 aliphatic rings. The first-order chi connectivity index (χ1) is 8.24. The van der Waals surface area contributed by atoms with Crippen LogP contribution in [0.5, 0.6) is 0 Å². The van der Waals surface area contributed by atoms with Crippen molar-refractivity contribution in [2.24, 2.45) is 0 Å². The molecular formula is C4H10N2O8PS4+. The summed E-state index contributed by atoms with van der Waals surface area (Å²) in [6.45, 7) is 0. The number of nitrogens with one attached hydrogen (secondary N) is 2. The first kappa shape index (κ1) is 15.5. The number of sulfonamides is 4. The third kappa shape index (κ3) is 3.62. The predicted octanol–water partition coefficient (Wildman–Crippen LogP) is -2.64. The van der Waals surface area contributed by atoms with Crippen molar-refractivity contribution in [3.8, 4) is 0 Å². The maximum absolute atomic E-state index is 11.5. The van der Waals surface area contributed by atoms with Gasteiger partial charge in [-0.2, -0.15) is 0 Å². The van der Waals surface area contributed by atoms with Crippen LogP contribution in [0.1, 0.15) is 0 Å². The smallest absolute Gasteiger partial charge is 0.208 e. The summed E-state index contributed by atoms with van der Waals surface area (Å²) in [5.74, 6) is 0. The Bertz CT molecular complexity index is 678. The average Bonchev–Trinajstić information content (AvgIpc) is 1.84. The van der Waals surface area contributed by atoms with Gasteiger partial charge in [-0.05, 0) is 0 Å². The third-order valence-electron chi connectivity index (χ3n) is 2.28. The average molecular weight is 373 g/mol. The fourth-order valence-electron chi connectivity index (χ4n) is 2.16. The van der Waals surface area contributed by atoms with E-state index in [4.69, 9.17) is 0 Å². The minimum atomic E-state index is -4.24. The van der Waals surface area contributed by atoms with Crippen molar-refractivity contribution in [1.29, 1.82) is 0 Å². The van der Waals surface area contributed by atoms with Crippen LogP contribution in [0, 0.1) is 0 Å².